The fraction of sp³-hybridized carbons (Fsp3) is 0.429. The second-order valence-electron chi connectivity index (χ2n) is 4.43. The average Bonchev–Trinajstić information content (AvgIpc) is 2.42. The zero-order valence-electron chi connectivity index (χ0n) is 11.8. The first kappa shape index (κ1) is 17.3. The van der Waals surface area contributed by atoms with Crippen molar-refractivity contribution in [1.29, 1.82) is 0 Å². The molecule has 0 radical (unpaired) electrons. The fourth-order valence-electron chi connectivity index (χ4n) is 1.72. The van der Waals surface area contributed by atoms with Gasteiger partial charge in [0, 0.05) is 6.54 Å². The molecular formula is C14H19FN2O3S. The van der Waals surface area contributed by atoms with Crippen molar-refractivity contribution in [2.24, 2.45) is 0 Å². The molecule has 1 aromatic carbocycles. The van der Waals surface area contributed by atoms with Crippen LogP contribution >= 0.6 is 11.8 Å². The van der Waals surface area contributed by atoms with Crippen LogP contribution in [0.5, 0.6) is 0 Å². The van der Waals surface area contributed by atoms with Gasteiger partial charge in [0.25, 0.3) is 0 Å². The lowest BCUT2D eigenvalue weighted by atomic mass is 10.2. The van der Waals surface area contributed by atoms with E-state index in [1.54, 1.807) is 11.8 Å². The molecule has 0 spiro atoms. The molecule has 21 heavy (non-hydrogen) atoms. The Labute approximate surface area is 127 Å². The van der Waals surface area contributed by atoms with Gasteiger partial charge in [-0.15, -0.1) is 0 Å². The monoisotopic (exact) mass is 314 g/mol. The smallest absolute Gasteiger partial charge is 0.337 e. The summed E-state index contributed by atoms with van der Waals surface area (Å²) in [5, 5.41) is 14.0. The number of unbranched alkanes of at least 4 members (excludes halogenated alkanes) is 2. The highest BCUT2D eigenvalue weighted by atomic mass is 32.2. The van der Waals surface area contributed by atoms with Crippen molar-refractivity contribution < 1.29 is 19.1 Å². The maximum Gasteiger partial charge on any atom is 0.337 e. The Kier molecular flexibility index (Phi) is 7.60. The summed E-state index contributed by atoms with van der Waals surface area (Å²) in [5.74, 6) is -0.730. The number of carboxylic acid groups (broad SMARTS) is 1. The number of hydrogen-bond donors (Lipinski definition) is 3. The molecule has 2 amide bonds. The van der Waals surface area contributed by atoms with Crippen molar-refractivity contribution in [3.63, 3.8) is 0 Å². The molecule has 116 valence electrons. The molecule has 0 aliphatic carbocycles. The number of aromatic carboxylic acids is 1. The van der Waals surface area contributed by atoms with E-state index in [0.29, 0.717) is 6.54 Å². The standard InChI is InChI=1S/C14H19FN2O3S/c1-21-8-4-2-3-7-16-14(20)17-12-9-10(15)5-6-11(12)13(18)19/h5-6,9H,2-4,7-8H2,1H3,(H,18,19)(H2,16,17,20). The number of rotatable bonds is 8. The lowest BCUT2D eigenvalue weighted by Crippen LogP contribution is -2.30. The molecule has 0 bridgehead atoms. The number of thioether (sulfide) groups is 1. The van der Waals surface area contributed by atoms with Crippen molar-refractivity contribution in [2.45, 2.75) is 19.3 Å². The van der Waals surface area contributed by atoms with E-state index in [2.05, 4.69) is 10.6 Å². The molecule has 0 heterocycles. The molecule has 0 fully saturated rings. The Morgan fingerprint density at radius 2 is 2.05 bits per heavy atom. The Morgan fingerprint density at radius 3 is 2.71 bits per heavy atom. The molecule has 0 saturated carbocycles. The summed E-state index contributed by atoms with van der Waals surface area (Å²) in [6, 6.07) is 2.61. The average molecular weight is 314 g/mol. The number of carbonyl (C=O) groups excluding carboxylic acids is 1. The summed E-state index contributed by atoms with van der Waals surface area (Å²) < 4.78 is 13.1. The number of hydrogen-bond acceptors (Lipinski definition) is 3. The van der Waals surface area contributed by atoms with E-state index in [0.717, 1.165) is 43.2 Å². The minimum Gasteiger partial charge on any atom is -0.478 e. The van der Waals surface area contributed by atoms with Crippen molar-refractivity contribution >= 4 is 29.4 Å². The number of nitrogens with one attached hydrogen (secondary N) is 2. The highest BCUT2D eigenvalue weighted by molar-refractivity contribution is 7.98. The Balaban J connectivity index is 2.44. The highest BCUT2D eigenvalue weighted by Crippen LogP contribution is 2.17. The van der Waals surface area contributed by atoms with Crippen LogP contribution in [0.2, 0.25) is 0 Å². The van der Waals surface area contributed by atoms with Crippen LogP contribution in [0.3, 0.4) is 0 Å². The van der Waals surface area contributed by atoms with Crippen LogP contribution < -0.4 is 10.6 Å². The van der Waals surface area contributed by atoms with Crippen molar-refractivity contribution in [1.82, 2.24) is 5.32 Å². The van der Waals surface area contributed by atoms with Gasteiger partial charge in [0.1, 0.15) is 5.82 Å². The third kappa shape index (κ3) is 6.48. The zero-order valence-corrected chi connectivity index (χ0v) is 12.6. The predicted molar refractivity (Wildman–Crippen MR) is 82.6 cm³/mol. The van der Waals surface area contributed by atoms with Gasteiger partial charge in [-0.05, 0) is 43.0 Å². The van der Waals surface area contributed by atoms with Crippen LogP contribution in [0, 0.1) is 5.82 Å². The van der Waals surface area contributed by atoms with E-state index >= 15 is 0 Å². The Bertz CT molecular complexity index is 497. The summed E-state index contributed by atoms with van der Waals surface area (Å²) in [5.41, 5.74) is -0.200. The second-order valence-corrected chi connectivity index (χ2v) is 5.42. The van der Waals surface area contributed by atoms with E-state index in [1.165, 1.54) is 0 Å². The number of anilines is 1. The van der Waals surface area contributed by atoms with E-state index in [4.69, 9.17) is 5.11 Å². The van der Waals surface area contributed by atoms with E-state index < -0.39 is 17.8 Å². The summed E-state index contributed by atoms with van der Waals surface area (Å²) >= 11 is 1.78. The van der Waals surface area contributed by atoms with Crippen LogP contribution in [-0.4, -0.2) is 35.7 Å². The first-order valence-electron chi connectivity index (χ1n) is 6.61. The first-order valence-corrected chi connectivity index (χ1v) is 8.00. The van der Waals surface area contributed by atoms with Gasteiger partial charge in [0.15, 0.2) is 0 Å². The number of carbonyl (C=O) groups is 2. The molecule has 1 rings (SSSR count). The molecular weight excluding hydrogens is 295 g/mol. The molecule has 0 aliphatic rings. The largest absolute Gasteiger partial charge is 0.478 e. The van der Waals surface area contributed by atoms with E-state index in [9.17, 15) is 14.0 Å². The Hall–Kier alpha value is -1.76. The van der Waals surface area contributed by atoms with Gasteiger partial charge >= 0.3 is 12.0 Å². The molecule has 0 aromatic heterocycles. The van der Waals surface area contributed by atoms with Gasteiger partial charge in [-0.2, -0.15) is 11.8 Å². The van der Waals surface area contributed by atoms with Crippen LogP contribution in [0.1, 0.15) is 29.6 Å². The van der Waals surface area contributed by atoms with Gasteiger partial charge in [0.2, 0.25) is 0 Å². The molecule has 0 aliphatic heterocycles. The number of urea groups is 1. The summed E-state index contributed by atoms with van der Waals surface area (Å²) in [6.45, 7) is 0.498. The lowest BCUT2D eigenvalue weighted by Gasteiger charge is -2.10. The van der Waals surface area contributed by atoms with Crippen LogP contribution in [0.15, 0.2) is 18.2 Å². The third-order valence-corrected chi connectivity index (χ3v) is 3.47. The van der Waals surface area contributed by atoms with Crippen molar-refractivity contribution in [3.05, 3.63) is 29.6 Å². The van der Waals surface area contributed by atoms with Gasteiger partial charge in [-0.25, -0.2) is 14.0 Å². The number of benzene rings is 1. The zero-order chi connectivity index (χ0) is 15.7. The van der Waals surface area contributed by atoms with Gasteiger partial charge in [-0.1, -0.05) is 6.42 Å². The molecule has 1 aromatic rings. The minimum absolute atomic E-state index is 0.0533. The normalized spacial score (nSPS) is 10.2. The number of halogens is 1. The van der Waals surface area contributed by atoms with E-state index in [1.807, 2.05) is 6.26 Å². The molecule has 0 unspecified atom stereocenters. The quantitative estimate of drug-likeness (QED) is 0.644. The van der Waals surface area contributed by atoms with Crippen molar-refractivity contribution in [3.8, 4) is 0 Å². The van der Waals surface area contributed by atoms with Crippen LogP contribution in [0.4, 0.5) is 14.9 Å². The third-order valence-electron chi connectivity index (χ3n) is 2.77. The highest BCUT2D eigenvalue weighted by Gasteiger charge is 2.13. The van der Waals surface area contributed by atoms with Crippen LogP contribution in [0.25, 0.3) is 0 Å². The summed E-state index contributed by atoms with van der Waals surface area (Å²) in [4.78, 5) is 22.6. The van der Waals surface area contributed by atoms with Gasteiger partial charge in [0.05, 0.1) is 11.3 Å². The minimum atomic E-state index is -1.22. The fourth-order valence-corrected chi connectivity index (χ4v) is 2.22. The van der Waals surface area contributed by atoms with Crippen molar-refractivity contribution in [2.75, 3.05) is 23.9 Å². The molecule has 5 nitrogen and oxygen atoms in total. The first-order chi connectivity index (χ1) is 10.0. The maximum absolute atomic E-state index is 13.1. The van der Waals surface area contributed by atoms with Gasteiger partial charge < -0.3 is 15.7 Å². The molecule has 3 N–H and O–H groups in total. The van der Waals surface area contributed by atoms with Gasteiger partial charge in [-0.3, -0.25) is 0 Å². The Morgan fingerprint density at radius 1 is 1.29 bits per heavy atom. The molecule has 7 heteroatoms. The maximum atomic E-state index is 13.1. The molecule has 0 saturated heterocycles. The van der Waals surface area contributed by atoms with Crippen LogP contribution in [-0.2, 0) is 0 Å². The lowest BCUT2D eigenvalue weighted by molar-refractivity contribution is 0.0698. The second kappa shape index (κ2) is 9.23. The predicted octanol–water partition coefficient (Wildman–Crippen LogP) is 3.18. The summed E-state index contributed by atoms with van der Waals surface area (Å²) in [7, 11) is 0. The SMILES string of the molecule is CSCCCCCNC(=O)Nc1cc(F)ccc1C(=O)O. The molecule has 0 atom stereocenters. The topological polar surface area (TPSA) is 78.4 Å². The number of carboxylic acids is 1. The summed E-state index contributed by atoms with van der Waals surface area (Å²) in [6.07, 6.45) is 5.01. The number of amides is 2. The van der Waals surface area contributed by atoms with E-state index in [-0.39, 0.29) is 11.3 Å².